The Balaban J connectivity index is 1.79. The summed E-state index contributed by atoms with van der Waals surface area (Å²) >= 11 is 11.7. The highest BCUT2D eigenvalue weighted by Gasteiger charge is 2.11. The number of nitrogens with one attached hydrogen (secondary N) is 1. The zero-order chi connectivity index (χ0) is 14.8. The van der Waals surface area contributed by atoms with Crippen molar-refractivity contribution in [2.45, 2.75) is 6.42 Å². The van der Waals surface area contributed by atoms with Gasteiger partial charge in [-0.3, -0.25) is 4.79 Å². The highest BCUT2D eigenvalue weighted by atomic mass is 35.5. The Morgan fingerprint density at radius 3 is 2.90 bits per heavy atom. The largest absolute Gasteiger partial charge is 0.310 e. The minimum absolute atomic E-state index is 0.110. The van der Waals surface area contributed by atoms with Crippen molar-refractivity contribution in [1.82, 2.24) is 19.4 Å². The molecule has 0 radical (unpaired) electrons. The molecule has 0 unspecified atom stereocenters. The van der Waals surface area contributed by atoms with Crippen LogP contribution in [0.25, 0.3) is 5.52 Å². The fourth-order valence-corrected chi connectivity index (χ4v) is 2.20. The Kier molecular flexibility index (Phi) is 3.72. The van der Waals surface area contributed by atoms with E-state index in [1.54, 1.807) is 29.1 Å². The zero-order valence-corrected chi connectivity index (χ0v) is 12.1. The van der Waals surface area contributed by atoms with Crippen LogP contribution in [0.1, 0.15) is 5.69 Å². The minimum Gasteiger partial charge on any atom is -0.310 e. The van der Waals surface area contributed by atoms with Crippen molar-refractivity contribution >= 4 is 40.4 Å². The Morgan fingerprint density at radius 2 is 2.10 bits per heavy atom. The fourth-order valence-electron chi connectivity index (χ4n) is 1.89. The SMILES string of the molecule is O=C(Cc1ncn2ccc(Cl)cc12)Nc1cc(Cl)ncn1. The van der Waals surface area contributed by atoms with E-state index >= 15 is 0 Å². The lowest BCUT2D eigenvalue weighted by Crippen LogP contribution is -2.15. The van der Waals surface area contributed by atoms with Crippen LogP contribution in [-0.2, 0) is 11.2 Å². The van der Waals surface area contributed by atoms with Gasteiger partial charge in [0, 0.05) is 17.3 Å². The van der Waals surface area contributed by atoms with E-state index in [9.17, 15) is 4.79 Å². The molecule has 0 aromatic carbocycles. The van der Waals surface area contributed by atoms with E-state index in [1.807, 2.05) is 0 Å². The maximum atomic E-state index is 12.0. The molecule has 0 aliphatic carbocycles. The monoisotopic (exact) mass is 321 g/mol. The van der Waals surface area contributed by atoms with Gasteiger partial charge in [-0.15, -0.1) is 0 Å². The maximum Gasteiger partial charge on any atom is 0.231 e. The molecule has 0 aliphatic rings. The first kappa shape index (κ1) is 13.8. The van der Waals surface area contributed by atoms with E-state index < -0.39 is 0 Å². The minimum atomic E-state index is -0.245. The number of anilines is 1. The number of hydrogen-bond acceptors (Lipinski definition) is 4. The predicted molar refractivity (Wildman–Crippen MR) is 79.6 cm³/mol. The van der Waals surface area contributed by atoms with Crippen molar-refractivity contribution in [2.75, 3.05) is 5.32 Å². The van der Waals surface area contributed by atoms with Gasteiger partial charge in [-0.05, 0) is 12.1 Å². The first-order chi connectivity index (χ1) is 10.1. The van der Waals surface area contributed by atoms with Gasteiger partial charge in [0.2, 0.25) is 5.91 Å². The lowest BCUT2D eigenvalue weighted by atomic mass is 10.2. The van der Waals surface area contributed by atoms with Crippen LogP contribution < -0.4 is 5.32 Å². The Labute approximate surface area is 129 Å². The van der Waals surface area contributed by atoms with Crippen LogP contribution in [0.3, 0.4) is 0 Å². The summed E-state index contributed by atoms with van der Waals surface area (Å²) in [4.78, 5) is 23.9. The van der Waals surface area contributed by atoms with Crippen molar-refractivity contribution in [1.29, 1.82) is 0 Å². The first-order valence-corrected chi connectivity index (χ1v) is 6.76. The van der Waals surface area contributed by atoms with E-state index in [2.05, 4.69) is 20.3 Å². The lowest BCUT2D eigenvalue weighted by Gasteiger charge is -2.03. The second-order valence-electron chi connectivity index (χ2n) is 4.28. The summed E-state index contributed by atoms with van der Waals surface area (Å²) in [6.07, 6.45) is 4.81. The molecule has 3 aromatic heterocycles. The molecule has 3 aromatic rings. The molecule has 3 heterocycles. The van der Waals surface area contributed by atoms with Crippen molar-refractivity contribution in [3.8, 4) is 0 Å². The molecule has 21 heavy (non-hydrogen) atoms. The van der Waals surface area contributed by atoms with Crippen LogP contribution in [0.5, 0.6) is 0 Å². The number of aromatic nitrogens is 4. The van der Waals surface area contributed by atoms with Crippen molar-refractivity contribution in [3.05, 3.63) is 52.9 Å². The van der Waals surface area contributed by atoms with Crippen LogP contribution in [0, 0.1) is 0 Å². The van der Waals surface area contributed by atoms with E-state index in [4.69, 9.17) is 23.2 Å². The number of pyridine rings is 1. The maximum absolute atomic E-state index is 12.0. The normalized spacial score (nSPS) is 10.8. The zero-order valence-electron chi connectivity index (χ0n) is 10.6. The first-order valence-electron chi connectivity index (χ1n) is 6.00. The molecule has 0 saturated carbocycles. The summed E-state index contributed by atoms with van der Waals surface area (Å²) < 4.78 is 1.80. The third-order valence-corrected chi connectivity index (χ3v) is 3.25. The lowest BCUT2D eigenvalue weighted by molar-refractivity contribution is -0.115. The van der Waals surface area contributed by atoms with Crippen LogP contribution >= 0.6 is 23.2 Å². The summed E-state index contributed by atoms with van der Waals surface area (Å²) in [5, 5.41) is 3.50. The summed E-state index contributed by atoms with van der Waals surface area (Å²) in [7, 11) is 0. The molecule has 106 valence electrons. The quantitative estimate of drug-likeness (QED) is 0.753. The molecule has 3 rings (SSSR count). The van der Waals surface area contributed by atoms with Gasteiger partial charge in [0.05, 0.1) is 24.0 Å². The number of nitrogens with zero attached hydrogens (tertiary/aromatic N) is 4. The second kappa shape index (κ2) is 5.67. The van der Waals surface area contributed by atoms with Gasteiger partial charge in [-0.1, -0.05) is 23.2 Å². The Morgan fingerprint density at radius 1 is 1.24 bits per heavy atom. The standard InChI is InChI=1S/C13H9Cl2N5O/c14-8-1-2-20-7-18-9(10(20)3-8)4-13(21)19-12-5-11(15)16-6-17-12/h1-3,5-7H,4H2,(H,16,17,19,21). The molecule has 1 N–H and O–H groups in total. The van der Waals surface area contributed by atoms with Gasteiger partial charge >= 0.3 is 0 Å². The van der Waals surface area contributed by atoms with E-state index in [-0.39, 0.29) is 17.5 Å². The number of amides is 1. The van der Waals surface area contributed by atoms with Gasteiger partial charge in [0.25, 0.3) is 0 Å². The van der Waals surface area contributed by atoms with Crippen LogP contribution in [-0.4, -0.2) is 25.3 Å². The number of fused-ring (bicyclic) bond motifs is 1. The number of hydrogen-bond donors (Lipinski definition) is 1. The molecule has 0 fully saturated rings. The van der Waals surface area contributed by atoms with Gasteiger partial charge in [0.1, 0.15) is 17.3 Å². The Hall–Kier alpha value is -2.18. The average molecular weight is 322 g/mol. The molecule has 1 amide bonds. The number of rotatable bonds is 3. The van der Waals surface area contributed by atoms with E-state index in [0.717, 1.165) is 5.52 Å². The second-order valence-corrected chi connectivity index (χ2v) is 5.10. The van der Waals surface area contributed by atoms with Crippen LogP contribution in [0.4, 0.5) is 5.82 Å². The number of halogens is 2. The number of carbonyl (C=O) groups is 1. The molecule has 0 atom stereocenters. The van der Waals surface area contributed by atoms with Crippen molar-refractivity contribution in [3.63, 3.8) is 0 Å². The van der Waals surface area contributed by atoms with Gasteiger partial charge in [-0.2, -0.15) is 0 Å². The summed E-state index contributed by atoms with van der Waals surface area (Å²) in [6, 6.07) is 4.99. The van der Waals surface area contributed by atoms with Gasteiger partial charge in [-0.25, -0.2) is 15.0 Å². The fraction of sp³-hybridized carbons (Fsp3) is 0.0769. The molecular weight excluding hydrogens is 313 g/mol. The average Bonchev–Trinajstić information content (AvgIpc) is 2.81. The topological polar surface area (TPSA) is 72.2 Å². The molecule has 0 bridgehead atoms. The van der Waals surface area contributed by atoms with Crippen LogP contribution in [0.15, 0.2) is 37.1 Å². The van der Waals surface area contributed by atoms with Crippen molar-refractivity contribution in [2.24, 2.45) is 0 Å². The molecule has 0 spiro atoms. The molecule has 0 aliphatic heterocycles. The van der Waals surface area contributed by atoms with Gasteiger partial charge < -0.3 is 9.72 Å². The summed E-state index contributed by atoms with van der Waals surface area (Å²) in [5.74, 6) is 0.104. The number of carbonyl (C=O) groups excluding carboxylic acids is 1. The van der Waals surface area contributed by atoms with E-state index in [1.165, 1.54) is 12.4 Å². The molecule has 0 saturated heterocycles. The van der Waals surface area contributed by atoms with Gasteiger partial charge in [0.15, 0.2) is 0 Å². The molecule has 8 heteroatoms. The van der Waals surface area contributed by atoms with Crippen molar-refractivity contribution < 1.29 is 4.79 Å². The highest BCUT2D eigenvalue weighted by molar-refractivity contribution is 6.31. The predicted octanol–water partition coefficient (Wildman–Crippen LogP) is 2.61. The smallest absolute Gasteiger partial charge is 0.231 e. The molecular formula is C13H9Cl2N5O. The highest BCUT2D eigenvalue weighted by Crippen LogP contribution is 2.16. The number of imidazole rings is 1. The van der Waals surface area contributed by atoms with E-state index in [0.29, 0.717) is 16.5 Å². The summed E-state index contributed by atoms with van der Waals surface area (Å²) in [5.41, 5.74) is 1.42. The molecule has 6 nitrogen and oxygen atoms in total. The Bertz CT molecular complexity index is 817. The van der Waals surface area contributed by atoms with Crippen LogP contribution in [0.2, 0.25) is 10.2 Å². The summed E-state index contributed by atoms with van der Waals surface area (Å²) in [6.45, 7) is 0. The third-order valence-electron chi connectivity index (χ3n) is 2.81. The third kappa shape index (κ3) is 3.12.